The molecule has 0 saturated heterocycles. The van der Waals surface area contributed by atoms with Gasteiger partial charge in [0, 0.05) is 0 Å². The van der Waals surface area contributed by atoms with Crippen LogP contribution in [0, 0.1) is 17.8 Å². The summed E-state index contributed by atoms with van der Waals surface area (Å²) in [7, 11) is 0. The summed E-state index contributed by atoms with van der Waals surface area (Å²) in [4.78, 5) is 0. The lowest BCUT2D eigenvalue weighted by Crippen LogP contribution is -2.25. The van der Waals surface area contributed by atoms with Crippen LogP contribution in [0.3, 0.4) is 0 Å². The van der Waals surface area contributed by atoms with Crippen LogP contribution in [-0.4, -0.2) is 6.61 Å². The lowest BCUT2D eigenvalue weighted by molar-refractivity contribution is 0.171. The maximum Gasteiger partial charge on any atom is 0.119 e. The molecule has 0 bridgehead atoms. The predicted molar refractivity (Wildman–Crippen MR) is 120 cm³/mol. The number of hydrogen-bond donors (Lipinski definition) is 0. The molecule has 2 aromatic rings. The maximum atomic E-state index is 5.65. The average Bonchev–Trinajstić information content (AvgIpc) is 2.75. The average molecular weight is 377 g/mol. The van der Waals surface area contributed by atoms with Gasteiger partial charge in [0.2, 0.25) is 0 Å². The normalized spacial score (nSPS) is 28.6. The lowest BCUT2D eigenvalue weighted by Gasteiger charge is -2.37. The van der Waals surface area contributed by atoms with Gasteiger partial charge >= 0.3 is 0 Å². The Labute approximate surface area is 171 Å². The molecule has 0 unspecified atom stereocenters. The van der Waals surface area contributed by atoms with E-state index in [2.05, 4.69) is 55.5 Å². The number of allylic oxidation sites excluding steroid dienone is 2. The molecule has 1 heteroatoms. The first-order valence-corrected chi connectivity index (χ1v) is 11.6. The third-order valence-electron chi connectivity index (χ3n) is 7.34. The van der Waals surface area contributed by atoms with Crippen LogP contribution in [0.25, 0.3) is 10.8 Å². The summed E-state index contributed by atoms with van der Waals surface area (Å²) in [6, 6.07) is 13.6. The first-order valence-electron chi connectivity index (χ1n) is 11.6. The topological polar surface area (TPSA) is 9.23 Å². The zero-order chi connectivity index (χ0) is 19.3. The third kappa shape index (κ3) is 4.45. The van der Waals surface area contributed by atoms with Gasteiger partial charge in [-0.1, -0.05) is 36.4 Å². The Morgan fingerprint density at radius 2 is 1.46 bits per heavy atom. The number of rotatable bonds is 5. The van der Waals surface area contributed by atoms with Crippen LogP contribution < -0.4 is 4.74 Å². The Morgan fingerprint density at radius 3 is 2.14 bits per heavy atom. The number of hydrogen-bond acceptors (Lipinski definition) is 1. The minimum Gasteiger partial charge on any atom is -0.494 e. The van der Waals surface area contributed by atoms with Gasteiger partial charge in [0.05, 0.1) is 6.61 Å². The van der Waals surface area contributed by atoms with Crippen LogP contribution in [0.2, 0.25) is 0 Å². The van der Waals surface area contributed by atoms with Crippen molar-refractivity contribution in [3.05, 3.63) is 54.1 Å². The molecule has 0 amide bonds. The number of benzene rings is 2. The van der Waals surface area contributed by atoms with Crippen molar-refractivity contribution in [1.82, 2.24) is 0 Å². The highest BCUT2D eigenvalue weighted by Crippen LogP contribution is 2.44. The molecule has 28 heavy (non-hydrogen) atoms. The van der Waals surface area contributed by atoms with Gasteiger partial charge < -0.3 is 4.74 Å². The predicted octanol–water partition coefficient (Wildman–Crippen LogP) is 7.89. The van der Waals surface area contributed by atoms with Crippen LogP contribution in [-0.2, 0) is 0 Å². The summed E-state index contributed by atoms with van der Waals surface area (Å²) >= 11 is 0. The molecule has 0 atom stereocenters. The van der Waals surface area contributed by atoms with Crippen molar-refractivity contribution in [2.45, 2.75) is 71.1 Å². The molecular formula is C27H36O. The maximum absolute atomic E-state index is 5.65. The first-order chi connectivity index (χ1) is 13.8. The molecule has 0 radical (unpaired) electrons. The summed E-state index contributed by atoms with van der Waals surface area (Å²) in [5.41, 5.74) is 1.55. The molecule has 0 aromatic heterocycles. The molecule has 2 aliphatic rings. The largest absolute Gasteiger partial charge is 0.494 e. The summed E-state index contributed by atoms with van der Waals surface area (Å²) in [6.45, 7) is 4.93. The summed E-state index contributed by atoms with van der Waals surface area (Å²) in [5, 5.41) is 2.65. The Kier molecular flexibility index (Phi) is 6.40. The second-order valence-corrected chi connectivity index (χ2v) is 9.01. The molecule has 2 aromatic carbocycles. The van der Waals surface area contributed by atoms with Gasteiger partial charge in [-0.15, -0.1) is 0 Å². The summed E-state index contributed by atoms with van der Waals surface area (Å²) < 4.78 is 5.65. The minimum atomic E-state index is 0.726. The van der Waals surface area contributed by atoms with Crippen LogP contribution in [0.15, 0.2) is 48.6 Å². The molecule has 2 aliphatic carbocycles. The van der Waals surface area contributed by atoms with Gasteiger partial charge in [-0.25, -0.2) is 0 Å². The van der Waals surface area contributed by atoms with Gasteiger partial charge in [0.25, 0.3) is 0 Å². The molecule has 2 fully saturated rings. The third-order valence-corrected chi connectivity index (χ3v) is 7.34. The van der Waals surface area contributed by atoms with E-state index in [9.17, 15) is 0 Å². The van der Waals surface area contributed by atoms with E-state index in [1.165, 1.54) is 62.1 Å². The van der Waals surface area contributed by atoms with Gasteiger partial charge in [0.1, 0.15) is 5.75 Å². The Balaban J connectivity index is 1.35. The summed E-state index contributed by atoms with van der Waals surface area (Å²) in [5.74, 6) is 4.57. The molecular weight excluding hydrogens is 340 g/mol. The molecule has 2 saturated carbocycles. The standard InChI is InChI=1S/C27H36O/c1-3-5-20-6-8-21(9-7-20)22-10-12-23(13-11-22)24-14-15-26-19-27(28-4-2)17-16-25(26)18-24/h3,5,14-23H,4,6-13H2,1-2H3/b5-3+. The Bertz CT molecular complexity index is 789. The van der Waals surface area contributed by atoms with Crippen LogP contribution in [0.1, 0.15) is 76.7 Å². The summed E-state index contributed by atoms with van der Waals surface area (Å²) in [6.07, 6.45) is 16.1. The van der Waals surface area contributed by atoms with Crippen molar-refractivity contribution < 1.29 is 4.74 Å². The highest BCUT2D eigenvalue weighted by Gasteiger charge is 2.30. The quantitative estimate of drug-likeness (QED) is 0.482. The van der Waals surface area contributed by atoms with E-state index in [0.29, 0.717) is 0 Å². The lowest BCUT2D eigenvalue weighted by atomic mass is 9.68. The molecule has 0 spiro atoms. The van der Waals surface area contributed by atoms with Gasteiger partial charge in [-0.05, 0) is 117 Å². The van der Waals surface area contributed by atoms with Crippen molar-refractivity contribution in [3.63, 3.8) is 0 Å². The van der Waals surface area contributed by atoms with Crippen LogP contribution in [0.5, 0.6) is 5.75 Å². The van der Waals surface area contributed by atoms with E-state index >= 15 is 0 Å². The molecule has 0 N–H and O–H groups in total. The van der Waals surface area contributed by atoms with Crippen molar-refractivity contribution in [3.8, 4) is 5.75 Å². The van der Waals surface area contributed by atoms with Gasteiger partial charge in [-0.3, -0.25) is 0 Å². The SMILES string of the molecule is C/C=C/C1CCC(C2CCC(c3ccc4cc(OCC)ccc4c3)CC2)CC1. The van der Waals surface area contributed by atoms with E-state index < -0.39 is 0 Å². The molecule has 0 aliphatic heterocycles. The van der Waals surface area contributed by atoms with E-state index in [0.717, 1.165) is 36.0 Å². The van der Waals surface area contributed by atoms with Gasteiger partial charge in [-0.2, -0.15) is 0 Å². The first kappa shape index (κ1) is 19.6. The highest BCUT2D eigenvalue weighted by atomic mass is 16.5. The van der Waals surface area contributed by atoms with Crippen molar-refractivity contribution in [2.75, 3.05) is 6.61 Å². The highest BCUT2D eigenvalue weighted by molar-refractivity contribution is 5.84. The van der Waals surface area contributed by atoms with Crippen molar-refractivity contribution in [2.24, 2.45) is 17.8 Å². The Hall–Kier alpha value is -1.76. The van der Waals surface area contributed by atoms with E-state index in [1.807, 2.05) is 6.92 Å². The van der Waals surface area contributed by atoms with E-state index in [1.54, 1.807) is 5.56 Å². The van der Waals surface area contributed by atoms with Crippen molar-refractivity contribution in [1.29, 1.82) is 0 Å². The zero-order valence-corrected chi connectivity index (χ0v) is 17.7. The number of ether oxygens (including phenoxy) is 1. The van der Waals surface area contributed by atoms with E-state index in [-0.39, 0.29) is 0 Å². The molecule has 150 valence electrons. The fourth-order valence-corrected chi connectivity index (χ4v) is 5.76. The monoisotopic (exact) mass is 376 g/mol. The van der Waals surface area contributed by atoms with Crippen molar-refractivity contribution >= 4 is 10.8 Å². The Morgan fingerprint density at radius 1 is 0.821 bits per heavy atom. The fraction of sp³-hybridized carbons (Fsp3) is 0.556. The second kappa shape index (κ2) is 9.16. The molecule has 4 rings (SSSR count). The second-order valence-electron chi connectivity index (χ2n) is 9.01. The smallest absolute Gasteiger partial charge is 0.119 e. The fourth-order valence-electron chi connectivity index (χ4n) is 5.76. The van der Waals surface area contributed by atoms with Gasteiger partial charge in [0.15, 0.2) is 0 Å². The van der Waals surface area contributed by atoms with E-state index in [4.69, 9.17) is 4.74 Å². The number of fused-ring (bicyclic) bond motifs is 1. The minimum absolute atomic E-state index is 0.726. The molecule has 0 heterocycles. The molecule has 1 nitrogen and oxygen atoms in total. The zero-order valence-electron chi connectivity index (χ0n) is 17.7. The van der Waals surface area contributed by atoms with Crippen LogP contribution in [0.4, 0.5) is 0 Å². The van der Waals surface area contributed by atoms with Crippen LogP contribution >= 0.6 is 0 Å².